The Morgan fingerprint density at radius 1 is 1.47 bits per heavy atom. The van der Waals surface area contributed by atoms with E-state index in [1.165, 1.54) is 11.3 Å². The van der Waals surface area contributed by atoms with Gasteiger partial charge in [0.25, 0.3) is 0 Å². The Morgan fingerprint density at radius 2 is 2.37 bits per heavy atom. The molecule has 3 rings (SSSR count). The minimum atomic E-state index is 0. The quantitative estimate of drug-likeness (QED) is 0.943. The lowest BCUT2D eigenvalue weighted by molar-refractivity contribution is 0.164. The second-order valence-corrected chi connectivity index (χ2v) is 6.32. The highest BCUT2D eigenvalue weighted by Gasteiger charge is 2.18. The maximum Gasteiger partial charge on any atom is 0.124 e. The van der Waals surface area contributed by atoms with Crippen LogP contribution in [0.3, 0.4) is 0 Å². The molecular formula is C13H18ClN3S2. The van der Waals surface area contributed by atoms with Crippen LogP contribution in [0, 0.1) is 0 Å². The Hall–Kier alpha value is -0.460. The molecule has 0 unspecified atom stereocenters. The molecular weight excluding hydrogens is 298 g/mol. The van der Waals surface area contributed by atoms with Gasteiger partial charge in [0.05, 0.1) is 5.69 Å². The molecule has 1 saturated heterocycles. The first kappa shape index (κ1) is 14.9. The van der Waals surface area contributed by atoms with Crippen molar-refractivity contribution in [3.63, 3.8) is 0 Å². The van der Waals surface area contributed by atoms with Crippen molar-refractivity contribution in [3.05, 3.63) is 27.9 Å². The van der Waals surface area contributed by atoms with Gasteiger partial charge in [0.2, 0.25) is 0 Å². The van der Waals surface area contributed by atoms with Crippen LogP contribution in [-0.2, 0) is 6.54 Å². The molecule has 1 fully saturated rings. The molecule has 0 aromatic carbocycles. The Bertz CT molecular complexity index is 498. The summed E-state index contributed by atoms with van der Waals surface area (Å²) in [5, 5.41) is 11.0. The largest absolute Gasteiger partial charge is 0.314 e. The first-order valence-electron chi connectivity index (χ1n) is 6.24. The second-order valence-electron chi connectivity index (χ2n) is 4.68. The van der Waals surface area contributed by atoms with Crippen LogP contribution in [0.15, 0.2) is 22.2 Å². The minimum Gasteiger partial charge on any atom is -0.314 e. The van der Waals surface area contributed by atoms with Gasteiger partial charge in [-0.3, -0.25) is 4.90 Å². The fraction of sp³-hybridized carbons (Fsp3) is 0.462. The first-order chi connectivity index (χ1) is 8.83. The van der Waals surface area contributed by atoms with Gasteiger partial charge in [-0.25, -0.2) is 4.98 Å². The summed E-state index contributed by atoms with van der Waals surface area (Å²) in [5.41, 5.74) is 2.46. The van der Waals surface area contributed by atoms with Crippen LogP contribution >= 0.6 is 35.1 Å². The van der Waals surface area contributed by atoms with Gasteiger partial charge >= 0.3 is 0 Å². The Kier molecular flexibility index (Phi) is 5.36. The van der Waals surface area contributed by atoms with Crippen molar-refractivity contribution >= 4 is 35.1 Å². The van der Waals surface area contributed by atoms with Gasteiger partial charge in [0, 0.05) is 48.5 Å². The van der Waals surface area contributed by atoms with Gasteiger partial charge in [-0.2, -0.15) is 11.3 Å². The molecule has 3 nitrogen and oxygen atoms in total. The second kappa shape index (κ2) is 6.81. The van der Waals surface area contributed by atoms with E-state index in [2.05, 4.69) is 39.3 Å². The Labute approximate surface area is 128 Å². The average Bonchev–Trinajstić information content (AvgIpc) is 3.02. The van der Waals surface area contributed by atoms with Gasteiger partial charge in [-0.05, 0) is 18.4 Å². The van der Waals surface area contributed by atoms with Gasteiger partial charge in [-0.15, -0.1) is 23.7 Å². The van der Waals surface area contributed by atoms with Crippen molar-refractivity contribution in [1.29, 1.82) is 0 Å². The molecule has 1 aliphatic rings. The zero-order valence-corrected chi connectivity index (χ0v) is 13.3. The highest BCUT2D eigenvalue weighted by Crippen LogP contribution is 2.26. The number of rotatable bonds is 3. The topological polar surface area (TPSA) is 28.2 Å². The lowest BCUT2D eigenvalue weighted by atomic mass is 10.2. The summed E-state index contributed by atoms with van der Waals surface area (Å²) in [6, 6.07) is 2.74. The maximum absolute atomic E-state index is 4.74. The number of thiazole rings is 1. The Morgan fingerprint density at radius 3 is 3.11 bits per heavy atom. The van der Waals surface area contributed by atoms with Crippen LogP contribution in [-0.4, -0.2) is 35.6 Å². The van der Waals surface area contributed by atoms with Gasteiger partial charge in [0.1, 0.15) is 5.01 Å². The molecule has 19 heavy (non-hydrogen) atoms. The standard InChI is InChI=1S/C13H17N3S2.ClH/c1-10-6-14-3-4-16(10)7-12-9-18-13(15-12)11-2-5-17-8-11;/h2,5,8-10,14H,3-4,6-7H2,1H3;1H/t10-;/m0./s1. The van der Waals surface area contributed by atoms with E-state index in [1.54, 1.807) is 22.7 Å². The predicted octanol–water partition coefficient (Wildman–Crippen LogP) is 3.09. The number of nitrogens with zero attached hydrogens (tertiary/aromatic N) is 2. The molecule has 1 aliphatic heterocycles. The normalized spacial score (nSPS) is 20.2. The van der Waals surface area contributed by atoms with Crippen LogP contribution in [0.4, 0.5) is 0 Å². The van der Waals surface area contributed by atoms with E-state index < -0.39 is 0 Å². The van der Waals surface area contributed by atoms with E-state index in [0.717, 1.165) is 31.2 Å². The number of aromatic nitrogens is 1. The molecule has 2 aromatic rings. The molecule has 6 heteroatoms. The van der Waals surface area contributed by atoms with Crippen molar-refractivity contribution in [2.24, 2.45) is 0 Å². The molecule has 1 atom stereocenters. The Balaban J connectivity index is 0.00000133. The van der Waals surface area contributed by atoms with Crippen molar-refractivity contribution < 1.29 is 0 Å². The van der Waals surface area contributed by atoms with E-state index in [0.29, 0.717) is 6.04 Å². The van der Waals surface area contributed by atoms with Crippen molar-refractivity contribution in [2.75, 3.05) is 19.6 Å². The summed E-state index contributed by atoms with van der Waals surface area (Å²) >= 11 is 3.48. The fourth-order valence-electron chi connectivity index (χ4n) is 2.22. The molecule has 0 spiro atoms. The van der Waals surface area contributed by atoms with Crippen molar-refractivity contribution in [3.8, 4) is 10.6 Å². The zero-order chi connectivity index (χ0) is 12.4. The van der Waals surface area contributed by atoms with E-state index in [1.807, 2.05) is 0 Å². The summed E-state index contributed by atoms with van der Waals surface area (Å²) in [4.78, 5) is 7.25. The fourth-order valence-corrected chi connectivity index (χ4v) is 3.75. The number of hydrogen-bond donors (Lipinski definition) is 1. The summed E-state index contributed by atoms with van der Waals surface area (Å²) < 4.78 is 0. The molecule has 0 bridgehead atoms. The van der Waals surface area contributed by atoms with E-state index in [4.69, 9.17) is 4.98 Å². The van der Waals surface area contributed by atoms with Crippen LogP contribution in [0.25, 0.3) is 10.6 Å². The van der Waals surface area contributed by atoms with E-state index in [-0.39, 0.29) is 12.4 Å². The summed E-state index contributed by atoms with van der Waals surface area (Å²) in [6.45, 7) is 6.54. The molecule has 3 heterocycles. The number of halogens is 1. The smallest absolute Gasteiger partial charge is 0.124 e. The predicted molar refractivity (Wildman–Crippen MR) is 85.4 cm³/mol. The lowest BCUT2D eigenvalue weighted by Gasteiger charge is -2.33. The number of nitrogens with one attached hydrogen (secondary N) is 1. The third-order valence-corrected chi connectivity index (χ3v) is 4.95. The first-order valence-corrected chi connectivity index (χ1v) is 8.07. The molecule has 1 N–H and O–H groups in total. The highest BCUT2D eigenvalue weighted by molar-refractivity contribution is 7.14. The van der Waals surface area contributed by atoms with Crippen molar-refractivity contribution in [2.45, 2.75) is 19.5 Å². The van der Waals surface area contributed by atoms with E-state index in [9.17, 15) is 0 Å². The van der Waals surface area contributed by atoms with Crippen LogP contribution in [0.1, 0.15) is 12.6 Å². The van der Waals surface area contributed by atoms with Crippen LogP contribution in [0.2, 0.25) is 0 Å². The van der Waals surface area contributed by atoms with Gasteiger partial charge in [-0.1, -0.05) is 0 Å². The average molecular weight is 316 g/mol. The lowest BCUT2D eigenvalue weighted by Crippen LogP contribution is -2.49. The molecule has 0 radical (unpaired) electrons. The monoisotopic (exact) mass is 315 g/mol. The summed E-state index contributed by atoms with van der Waals surface area (Å²) in [5.74, 6) is 0. The van der Waals surface area contributed by atoms with Gasteiger partial charge < -0.3 is 5.32 Å². The number of hydrogen-bond acceptors (Lipinski definition) is 5. The third kappa shape index (κ3) is 3.55. The zero-order valence-electron chi connectivity index (χ0n) is 10.8. The highest BCUT2D eigenvalue weighted by atomic mass is 35.5. The van der Waals surface area contributed by atoms with Gasteiger partial charge in [0.15, 0.2) is 0 Å². The molecule has 104 valence electrons. The summed E-state index contributed by atoms with van der Waals surface area (Å²) in [6.07, 6.45) is 0. The van der Waals surface area contributed by atoms with Crippen molar-refractivity contribution in [1.82, 2.24) is 15.2 Å². The summed E-state index contributed by atoms with van der Waals surface area (Å²) in [7, 11) is 0. The van der Waals surface area contributed by atoms with Crippen LogP contribution < -0.4 is 5.32 Å². The molecule has 0 aliphatic carbocycles. The number of thiophene rings is 1. The number of piperazine rings is 1. The molecule has 0 amide bonds. The minimum absolute atomic E-state index is 0. The maximum atomic E-state index is 4.74. The molecule has 0 saturated carbocycles. The third-order valence-electron chi connectivity index (χ3n) is 3.32. The van der Waals surface area contributed by atoms with Crippen LogP contribution in [0.5, 0.6) is 0 Å². The SMILES string of the molecule is C[C@H]1CNCCN1Cc1csc(-c2ccsc2)n1.Cl. The van der Waals surface area contributed by atoms with E-state index >= 15 is 0 Å². The molecule has 2 aromatic heterocycles.